The van der Waals surface area contributed by atoms with Gasteiger partial charge in [0.15, 0.2) is 0 Å². The van der Waals surface area contributed by atoms with Crippen molar-refractivity contribution in [3.63, 3.8) is 0 Å². The topological polar surface area (TPSA) is 41.1 Å². The molecule has 0 radical (unpaired) electrons. The van der Waals surface area contributed by atoms with Gasteiger partial charge in [-0.25, -0.2) is 8.78 Å². The van der Waals surface area contributed by atoms with E-state index in [-0.39, 0.29) is 30.3 Å². The van der Waals surface area contributed by atoms with Crippen LogP contribution in [-0.2, 0) is 11.3 Å². The number of halogens is 3. The number of amides is 1. The second-order valence-corrected chi connectivity index (χ2v) is 6.22. The van der Waals surface area contributed by atoms with E-state index >= 15 is 0 Å². The second-order valence-electron chi connectivity index (χ2n) is 6.22. The Morgan fingerprint density at radius 2 is 1.84 bits per heavy atom. The van der Waals surface area contributed by atoms with Crippen LogP contribution in [0.5, 0.6) is 0 Å². The maximum Gasteiger partial charge on any atom is 0.227 e. The highest BCUT2D eigenvalue weighted by Gasteiger charge is 2.29. The molecule has 2 N–H and O–H groups in total. The fourth-order valence-corrected chi connectivity index (χ4v) is 2.49. The number of carbonyl (C=O) groups excluding carboxylic acids is 1. The SMILES string of the molecule is CC(NCc1ccc(F)cc1F)c1ccc(NC(=O)C2CC2)cc1.Cl. The summed E-state index contributed by atoms with van der Waals surface area (Å²) in [7, 11) is 0. The van der Waals surface area contributed by atoms with Crippen LogP contribution < -0.4 is 10.6 Å². The summed E-state index contributed by atoms with van der Waals surface area (Å²) in [5.41, 5.74) is 2.24. The zero-order valence-corrected chi connectivity index (χ0v) is 14.7. The minimum Gasteiger partial charge on any atom is -0.326 e. The van der Waals surface area contributed by atoms with Crippen molar-refractivity contribution < 1.29 is 13.6 Å². The standard InChI is InChI=1S/C19H20F2N2O.ClH/c1-12(22-11-15-4-7-16(20)10-18(15)21)13-5-8-17(9-6-13)23-19(24)14-2-3-14;/h4-10,12,14,22H,2-3,11H2,1H3,(H,23,24);1H. The van der Waals surface area contributed by atoms with Crippen LogP contribution in [0.4, 0.5) is 14.5 Å². The van der Waals surface area contributed by atoms with E-state index in [4.69, 9.17) is 0 Å². The molecule has 134 valence electrons. The van der Waals surface area contributed by atoms with Gasteiger partial charge in [-0.15, -0.1) is 12.4 Å². The average Bonchev–Trinajstić information content (AvgIpc) is 3.39. The predicted octanol–water partition coefficient (Wildman–Crippen LogP) is 4.59. The number of hydrogen-bond donors (Lipinski definition) is 2. The monoisotopic (exact) mass is 366 g/mol. The molecule has 1 atom stereocenters. The molecule has 0 aliphatic heterocycles. The van der Waals surface area contributed by atoms with Crippen molar-refractivity contribution in [1.82, 2.24) is 5.32 Å². The summed E-state index contributed by atoms with van der Waals surface area (Å²) >= 11 is 0. The third-order valence-electron chi connectivity index (χ3n) is 4.24. The molecule has 0 heterocycles. The molecule has 25 heavy (non-hydrogen) atoms. The smallest absolute Gasteiger partial charge is 0.227 e. The Kier molecular flexibility index (Phi) is 6.51. The molecule has 3 rings (SSSR count). The van der Waals surface area contributed by atoms with Crippen LogP contribution in [0.15, 0.2) is 42.5 Å². The maximum atomic E-state index is 13.6. The lowest BCUT2D eigenvalue weighted by atomic mass is 10.1. The van der Waals surface area contributed by atoms with Gasteiger partial charge >= 0.3 is 0 Å². The van der Waals surface area contributed by atoms with Gasteiger partial charge in [0.05, 0.1) is 0 Å². The summed E-state index contributed by atoms with van der Waals surface area (Å²) in [6.45, 7) is 2.28. The Balaban J connectivity index is 0.00000225. The summed E-state index contributed by atoms with van der Waals surface area (Å²) in [5, 5.41) is 6.11. The van der Waals surface area contributed by atoms with Gasteiger partial charge in [0.1, 0.15) is 11.6 Å². The summed E-state index contributed by atoms with van der Waals surface area (Å²) in [6.07, 6.45) is 1.95. The number of anilines is 1. The first-order chi connectivity index (χ1) is 11.5. The first kappa shape index (κ1) is 19.3. The van der Waals surface area contributed by atoms with E-state index in [2.05, 4.69) is 10.6 Å². The zero-order valence-electron chi connectivity index (χ0n) is 13.9. The predicted molar refractivity (Wildman–Crippen MR) is 96.7 cm³/mol. The molecule has 1 fully saturated rings. The molecule has 0 bridgehead atoms. The van der Waals surface area contributed by atoms with E-state index in [9.17, 15) is 13.6 Å². The van der Waals surface area contributed by atoms with Crippen LogP contribution in [0.1, 0.15) is 36.9 Å². The number of benzene rings is 2. The third-order valence-corrected chi connectivity index (χ3v) is 4.24. The largest absolute Gasteiger partial charge is 0.326 e. The second kappa shape index (κ2) is 8.41. The van der Waals surface area contributed by atoms with Crippen molar-refractivity contribution in [2.75, 3.05) is 5.32 Å². The lowest BCUT2D eigenvalue weighted by Gasteiger charge is -2.15. The molecule has 0 aromatic heterocycles. The van der Waals surface area contributed by atoms with E-state index in [0.29, 0.717) is 12.1 Å². The van der Waals surface area contributed by atoms with E-state index in [0.717, 1.165) is 30.2 Å². The Hall–Kier alpha value is -1.98. The molecular weight excluding hydrogens is 346 g/mol. The lowest BCUT2D eigenvalue weighted by Crippen LogP contribution is -2.19. The van der Waals surface area contributed by atoms with Gasteiger partial charge in [0, 0.05) is 35.8 Å². The molecule has 1 saturated carbocycles. The van der Waals surface area contributed by atoms with Crippen molar-refractivity contribution in [2.24, 2.45) is 5.92 Å². The van der Waals surface area contributed by atoms with Gasteiger partial charge in [-0.1, -0.05) is 18.2 Å². The Bertz CT molecular complexity index is 733. The van der Waals surface area contributed by atoms with Gasteiger partial charge < -0.3 is 10.6 Å². The number of nitrogens with one attached hydrogen (secondary N) is 2. The molecule has 0 spiro atoms. The van der Waals surface area contributed by atoms with Gasteiger partial charge in [0.2, 0.25) is 5.91 Å². The fourth-order valence-electron chi connectivity index (χ4n) is 2.49. The summed E-state index contributed by atoms with van der Waals surface area (Å²) in [4.78, 5) is 11.7. The summed E-state index contributed by atoms with van der Waals surface area (Å²) in [6, 6.07) is 11.2. The van der Waals surface area contributed by atoms with Crippen molar-refractivity contribution in [3.05, 3.63) is 65.2 Å². The molecule has 1 unspecified atom stereocenters. The average molecular weight is 367 g/mol. The van der Waals surface area contributed by atoms with Crippen LogP contribution in [0.25, 0.3) is 0 Å². The highest BCUT2D eigenvalue weighted by atomic mass is 35.5. The molecule has 0 saturated heterocycles. The number of rotatable bonds is 6. The van der Waals surface area contributed by atoms with Crippen molar-refractivity contribution in [2.45, 2.75) is 32.4 Å². The lowest BCUT2D eigenvalue weighted by molar-refractivity contribution is -0.117. The molecule has 1 aliphatic rings. The molecule has 2 aromatic rings. The van der Waals surface area contributed by atoms with Crippen molar-refractivity contribution >= 4 is 24.0 Å². The van der Waals surface area contributed by atoms with Gasteiger partial charge in [-0.2, -0.15) is 0 Å². The Morgan fingerprint density at radius 1 is 1.16 bits per heavy atom. The molecule has 6 heteroatoms. The quantitative estimate of drug-likeness (QED) is 0.785. The molecule has 2 aromatic carbocycles. The highest BCUT2D eigenvalue weighted by Crippen LogP contribution is 2.30. The molecular formula is C19H21ClF2N2O. The van der Waals surface area contributed by atoms with Crippen molar-refractivity contribution in [3.8, 4) is 0 Å². The van der Waals surface area contributed by atoms with Crippen LogP contribution in [0.3, 0.4) is 0 Å². The fraction of sp³-hybridized carbons (Fsp3) is 0.316. The van der Waals surface area contributed by atoms with Crippen LogP contribution in [-0.4, -0.2) is 5.91 Å². The minimum atomic E-state index is -0.576. The zero-order chi connectivity index (χ0) is 17.1. The van der Waals surface area contributed by atoms with Crippen LogP contribution >= 0.6 is 12.4 Å². The van der Waals surface area contributed by atoms with E-state index < -0.39 is 11.6 Å². The van der Waals surface area contributed by atoms with Gasteiger partial charge in [0.25, 0.3) is 0 Å². The first-order valence-electron chi connectivity index (χ1n) is 8.11. The van der Waals surface area contributed by atoms with Crippen molar-refractivity contribution in [1.29, 1.82) is 0 Å². The highest BCUT2D eigenvalue weighted by molar-refractivity contribution is 5.94. The van der Waals surface area contributed by atoms with Gasteiger partial charge in [-0.05, 0) is 43.5 Å². The normalized spacial score (nSPS) is 14.5. The van der Waals surface area contributed by atoms with Gasteiger partial charge in [-0.3, -0.25) is 4.79 Å². The van der Waals surface area contributed by atoms with E-state index in [1.807, 2.05) is 31.2 Å². The summed E-state index contributed by atoms with van der Waals surface area (Å²) < 4.78 is 26.5. The molecule has 3 nitrogen and oxygen atoms in total. The first-order valence-corrected chi connectivity index (χ1v) is 8.11. The maximum absolute atomic E-state index is 13.6. The Morgan fingerprint density at radius 3 is 2.44 bits per heavy atom. The Labute approximate surface area is 152 Å². The summed E-state index contributed by atoms with van der Waals surface area (Å²) in [5.74, 6) is -0.863. The molecule has 1 amide bonds. The number of hydrogen-bond acceptors (Lipinski definition) is 2. The van der Waals surface area contributed by atoms with E-state index in [1.165, 1.54) is 12.1 Å². The van der Waals surface area contributed by atoms with E-state index in [1.54, 1.807) is 0 Å². The minimum absolute atomic E-state index is 0. The third kappa shape index (κ3) is 5.25. The molecule has 1 aliphatic carbocycles. The van der Waals surface area contributed by atoms with Crippen LogP contribution in [0, 0.1) is 17.6 Å². The number of carbonyl (C=O) groups is 1. The van der Waals surface area contributed by atoms with Crippen LogP contribution in [0.2, 0.25) is 0 Å².